The molecule has 0 heterocycles. The van der Waals surface area contributed by atoms with E-state index in [1.54, 1.807) is 14.0 Å². The van der Waals surface area contributed by atoms with Crippen LogP contribution in [0.25, 0.3) is 0 Å². The molecule has 0 rings (SSSR count). The van der Waals surface area contributed by atoms with Gasteiger partial charge in [0.25, 0.3) is 0 Å². The van der Waals surface area contributed by atoms with Crippen LogP contribution in [0.5, 0.6) is 0 Å². The molecule has 0 aliphatic carbocycles. The van der Waals surface area contributed by atoms with Crippen molar-refractivity contribution in [2.45, 2.75) is 33.2 Å². The van der Waals surface area contributed by atoms with Crippen molar-refractivity contribution in [3.05, 3.63) is 0 Å². The Kier molecular flexibility index (Phi) is 7.06. The Morgan fingerprint density at radius 1 is 1.05 bits per heavy atom. The highest BCUT2D eigenvalue weighted by atomic mass is 16.2. The third-order valence-corrected chi connectivity index (χ3v) is 1.93. The highest BCUT2D eigenvalue weighted by molar-refractivity contribution is 5.95. The van der Waals surface area contributed by atoms with Crippen molar-refractivity contribution in [1.82, 2.24) is 20.9 Å². The summed E-state index contributed by atoms with van der Waals surface area (Å²) in [4.78, 5) is 35.7. The molecule has 0 aliphatic rings. The van der Waals surface area contributed by atoms with Crippen LogP contribution >= 0.6 is 0 Å². The molecule has 0 aliphatic heterocycles. The number of rotatable bonds is 5. The highest BCUT2D eigenvalue weighted by Gasteiger charge is 2.16. The number of nitrogens with one attached hydrogen (secondary N) is 3. The SMILES string of the molecule is CCNC(=O)NC(=O)CN(C)CC(=O)NC(C)(C)C. The van der Waals surface area contributed by atoms with Crippen molar-refractivity contribution in [2.75, 3.05) is 26.7 Å². The summed E-state index contributed by atoms with van der Waals surface area (Å²) in [6.45, 7) is 7.93. The minimum absolute atomic E-state index is 0.0191. The van der Waals surface area contributed by atoms with E-state index >= 15 is 0 Å². The molecule has 0 saturated heterocycles. The first-order valence-electron chi connectivity index (χ1n) is 6.21. The summed E-state index contributed by atoms with van der Waals surface area (Å²) >= 11 is 0. The Bertz CT molecular complexity index is 336. The molecule has 19 heavy (non-hydrogen) atoms. The molecule has 4 amide bonds. The summed E-state index contributed by atoms with van der Waals surface area (Å²) < 4.78 is 0. The molecule has 0 unspecified atom stereocenters. The normalized spacial score (nSPS) is 11.1. The first kappa shape index (κ1) is 17.4. The van der Waals surface area contributed by atoms with Gasteiger partial charge in [0.1, 0.15) is 0 Å². The van der Waals surface area contributed by atoms with Crippen LogP contribution in [0.4, 0.5) is 4.79 Å². The molecular weight excluding hydrogens is 248 g/mol. The number of likely N-dealkylation sites (N-methyl/N-ethyl adjacent to an activating group) is 1. The van der Waals surface area contributed by atoms with Gasteiger partial charge >= 0.3 is 6.03 Å². The molecule has 0 spiro atoms. The van der Waals surface area contributed by atoms with E-state index in [1.807, 2.05) is 20.8 Å². The van der Waals surface area contributed by atoms with Gasteiger partial charge in [-0.2, -0.15) is 0 Å². The van der Waals surface area contributed by atoms with Gasteiger partial charge in [0, 0.05) is 12.1 Å². The standard InChI is InChI=1S/C12H24N4O3/c1-6-13-11(19)14-9(17)7-16(5)8-10(18)15-12(2,3)4/h6-8H2,1-5H3,(H,15,18)(H2,13,14,17,19). The van der Waals surface area contributed by atoms with E-state index in [0.29, 0.717) is 6.54 Å². The monoisotopic (exact) mass is 272 g/mol. The van der Waals surface area contributed by atoms with Crippen molar-refractivity contribution in [3.8, 4) is 0 Å². The fraction of sp³-hybridized carbons (Fsp3) is 0.750. The Morgan fingerprint density at radius 2 is 1.58 bits per heavy atom. The van der Waals surface area contributed by atoms with Crippen molar-refractivity contribution < 1.29 is 14.4 Å². The van der Waals surface area contributed by atoms with Crippen LogP contribution in [-0.4, -0.2) is 55.0 Å². The molecule has 0 fully saturated rings. The summed E-state index contributed by atoms with van der Waals surface area (Å²) in [7, 11) is 1.64. The van der Waals surface area contributed by atoms with Crippen LogP contribution < -0.4 is 16.0 Å². The van der Waals surface area contributed by atoms with E-state index in [4.69, 9.17) is 0 Å². The Hall–Kier alpha value is -1.63. The average Bonchev–Trinajstić information content (AvgIpc) is 2.12. The number of hydrogen-bond donors (Lipinski definition) is 3. The lowest BCUT2D eigenvalue weighted by Crippen LogP contribution is -2.48. The van der Waals surface area contributed by atoms with Gasteiger partial charge in [-0.3, -0.25) is 19.8 Å². The number of hydrogen-bond acceptors (Lipinski definition) is 4. The van der Waals surface area contributed by atoms with E-state index in [1.165, 1.54) is 4.90 Å². The Morgan fingerprint density at radius 3 is 2.05 bits per heavy atom. The molecular formula is C12H24N4O3. The quantitative estimate of drug-likeness (QED) is 0.639. The average molecular weight is 272 g/mol. The zero-order valence-corrected chi connectivity index (χ0v) is 12.3. The molecule has 0 aromatic rings. The second-order valence-corrected chi connectivity index (χ2v) is 5.38. The number of imide groups is 1. The van der Waals surface area contributed by atoms with E-state index < -0.39 is 11.9 Å². The molecule has 0 radical (unpaired) electrons. The first-order valence-corrected chi connectivity index (χ1v) is 6.21. The second-order valence-electron chi connectivity index (χ2n) is 5.38. The molecule has 0 atom stereocenters. The zero-order valence-electron chi connectivity index (χ0n) is 12.3. The van der Waals surface area contributed by atoms with Crippen LogP contribution in [0.15, 0.2) is 0 Å². The topological polar surface area (TPSA) is 90.5 Å². The van der Waals surface area contributed by atoms with E-state index in [-0.39, 0.29) is 24.5 Å². The van der Waals surface area contributed by atoms with E-state index in [9.17, 15) is 14.4 Å². The number of urea groups is 1. The molecule has 7 heteroatoms. The van der Waals surface area contributed by atoms with Crippen LogP contribution in [0, 0.1) is 0 Å². The zero-order chi connectivity index (χ0) is 15.1. The number of carbonyl (C=O) groups is 3. The predicted octanol–water partition coefficient (Wildman–Crippen LogP) is -0.321. The van der Waals surface area contributed by atoms with Gasteiger partial charge in [0.05, 0.1) is 13.1 Å². The van der Waals surface area contributed by atoms with Crippen LogP contribution in [-0.2, 0) is 9.59 Å². The lowest BCUT2D eigenvalue weighted by molar-refractivity contribution is -0.124. The lowest BCUT2D eigenvalue weighted by Gasteiger charge is -2.23. The van der Waals surface area contributed by atoms with Crippen molar-refractivity contribution in [1.29, 1.82) is 0 Å². The highest BCUT2D eigenvalue weighted by Crippen LogP contribution is 1.98. The maximum Gasteiger partial charge on any atom is 0.321 e. The largest absolute Gasteiger partial charge is 0.350 e. The summed E-state index contributed by atoms with van der Waals surface area (Å²) in [5.74, 6) is -0.613. The van der Waals surface area contributed by atoms with Gasteiger partial charge in [-0.1, -0.05) is 0 Å². The Balaban J connectivity index is 4.03. The predicted molar refractivity (Wildman–Crippen MR) is 72.6 cm³/mol. The van der Waals surface area contributed by atoms with Crippen molar-refractivity contribution in [3.63, 3.8) is 0 Å². The van der Waals surface area contributed by atoms with Gasteiger partial charge in [0.2, 0.25) is 11.8 Å². The third-order valence-electron chi connectivity index (χ3n) is 1.93. The number of nitrogens with zero attached hydrogens (tertiary/aromatic N) is 1. The van der Waals surface area contributed by atoms with Crippen LogP contribution in [0.2, 0.25) is 0 Å². The fourth-order valence-corrected chi connectivity index (χ4v) is 1.37. The van der Waals surface area contributed by atoms with Crippen LogP contribution in [0.3, 0.4) is 0 Å². The molecule has 0 aromatic heterocycles. The Labute approximate surface area is 114 Å². The van der Waals surface area contributed by atoms with Gasteiger partial charge in [-0.05, 0) is 34.7 Å². The van der Waals surface area contributed by atoms with Gasteiger partial charge in [0.15, 0.2) is 0 Å². The molecule has 7 nitrogen and oxygen atoms in total. The molecule has 110 valence electrons. The maximum atomic E-state index is 11.6. The molecule has 3 N–H and O–H groups in total. The summed E-state index contributed by atoms with van der Waals surface area (Å²) in [5, 5.41) is 7.42. The minimum Gasteiger partial charge on any atom is -0.350 e. The summed E-state index contributed by atoms with van der Waals surface area (Å²) in [5.41, 5.74) is -0.304. The van der Waals surface area contributed by atoms with E-state index in [2.05, 4.69) is 16.0 Å². The molecule has 0 saturated carbocycles. The van der Waals surface area contributed by atoms with Crippen molar-refractivity contribution >= 4 is 17.8 Å². The van der Waals surface area contributed by atoms with Crippen molar-refractivity contribution in [2.24, 2.45) is 0 Å². The molecule has 0 aromatic carbocycles. The summed E-state index contributed by atoms with van der Waals surface area (Å²) in [6.07, 6.45) is 0. The number of amides is 4. The third kappa shape index (κ3) is 10.0. The maximum absolute atomic E-state index is 11.6. The lowest BCUT2D eigenvalue weighted by atomic mass is 10.1. The van der Waals surface area contributed by atoms with Gasteiger partial charge in [-0.25, -0.2) is 4.79 Å². The number of carbonyl (C=O) groups excluding carboxylic acids is 3. The minimum atomic E-state index is -0.528. The van der Waals surface area contributed by atoms with Gasteiger partial charge in [-0.15, -0.1) is 0 Å². The molecule has 0 bridgehead atoms. The first-order chi connectivity index (χ1) is 8.64. The second kappa shape index (κ2) is 7.73. The fourth-order valence-electron chi connectivity index (χ4n) is 1.37. The van der Waals surface area contributed by atoms with E-state index in [0.717, 1.165) is 0 Å². The van der Waals surface area contributed by atoms with Gasteiger partial charge < -0.3 is 10.6 Å². The van der Waals surface area contributed by atoms with Crippen LogP contribution in [0.1, 0.15) is 27.7 Å². The smallest absolute Gasteiger partial charge is 0.321 e. The summed E-state index contributed by atoms with van der Waals surface area (Å²) in [6, 6.07) is -0.528.